The van der Waals surface area contributed by atoms with Crippen molar-refractivity contribution in [2.24, 2.45) is 0 Å². The van der Waals surface area contributed by atoms with Gasteiger partial charge in [0.05, 0.1) is 0 Å². The zero-order valence-electron chi connectivity index (χ0n) is 18.2. The number of alkyl carbamates (subject to hydrolysis) is 1. The number of phenolic OH excluding ortho intramolecular Hbond substituents is 1. The lowest BCUT2D eigenvalue weighted by Gasteiger charge is -2.31. The molecule has 3 N–H and O–H groups in total. The molecule has 1 atom stereocenters. The summed E-state index contributed by atoms with van der Waals surface area (Å²) in [6, 6.07) is 5.28. The summed E-state index contributed by atoms with van der Waals surface area (Å²) < 4.78 is 5.14. The van der Waals surface area contributed by atoms with Gasteiger partial charge in [-0.1, -0.05) is 37.6 Å². The third-order valence-corrected chi connectivity index (χ3v) is 4.05. The first-order chi connectivity index (χ1) is 14.1. The Balaban J connectivity index is 3.09. The van der Waals surface area contributed by atoms with Gasteiger partial charge in [-0.15, -0.1) is 6.58 Å². The predicted molar refractivity (Wildman–Crippen MR) is 115 cm³/mol. The van der Waals surface area contributed by atoms with Gasteiger partial charge in [0.2, 0.25) is 11.8 Å². The predicted octanol–water partition coefficient (Wildman–Crippen LogP) is 2.89. The third kappa shape index (κ3) is 8.14. The number of unbranched alkanes of at least 4 members (excludes halogenated alkanes) is 1. The molecule has 0 aliphatic carbocycles. The number of amides is 3. The number of rotatable bonds is 10. The lowest BCUT2D eigenvalue weighted by molar-refractivity contribution is -0.139. The summed E-state index contributed by atoms with van der Waals surface area (Å²) in [6.45, 7) is 10.9. The minimum Gasteiger partial charge on any atom is -0.508 e. The maximum absolute atomic E-state index is 13.0. The molecule has 0 radical (unpaired) electrons. The van der Waals surface area contributed by atoms with Gasteiger partial charge in [-0.05, 0) is 33.3 Å². The largest absolute Gasteiger partial charge is 0.508 e. The molecule has 8 nitrogen and oxygen atoms in total. The number of para-hydroxylation sites is 1. The molecule has 166 valence electrons. The highest BCUT2D eigenvalue weighted by molar-refractivity contribution is 5.91. The van der Waals surface area contributed by atoms with E-state index >= 15 is 0 Å². The number of ether oxygens (including phenoxy) is 1. The van der Waals surface area contributed by atoms with Crippen molar-refractivity contribution in [2.75, 3.05) is 19.6 Å². The van der Waals surface area contributed by atoms with E-state index in [2.05, 4.69) is 17.2 Å². The second kappa shape index (κ2) is 11.8. The Kier molecular flexibility index (Phi) is 9.88. The van der Waals surface area contributed by atoms with Crippen molar-refractivity contribution in [3.63, 3.8) is 0 Å². The molecule has 1 unspecified atom stereocenters. The number of benzene rings is 1. The molecule has 0 fully saturated rings. The summed E-state index contributed by atoms with van der Waals surface area (Å²) >= 11 is 0. The van der Waals surface area contributed by atoms with E-state index in [0.717, 1.165) is 12.8 Å². The number of hydrogen-bond donors (Lipinski definition) is 3. The van der Waals surface area contributed by atoms with Crippen LogP contribution in [0.15, 0.2) is 36.9 Å². The zero-order chi connectivity index (χ0) is 22.7. The van der Waals surface area contributed by atoms with Crippen molar-refractivity contribution in [3.8, 4) is 5.75 Å². The van der Waals surface area contributed by atoms with Crippen LogP contribution >= 0.6 is 0 Å². The maximum atomic E-state index is 13.0. The first-order valence-corrected chi connectivity index (χ1v) is 10.0. The van der Waals surface area contributed by atoms with Crippen molar-refractivity contribution in [2.45, 2.75) is 52.2 Å². The van der Waals surface area contributed by atoms with Crippen LogP contribution in [0.2, 0.25) is 0 Å². The Labute approximate surface area is 178 Å². The minimum absolute atomic E-state index is 0.0506. The topological polar surface area (TPSA) is 108 Å². The third-order valence-electron chi connectivity index (χ3n) is 4.05. The van der Waals surface area contributed by atoms with E-state index in [0.29, 0.717) is 12.1 Å². The monoisotopic (exact) mass is 419 g/mol. The lowest BCUT2D eigenvalue weighted by Crippen LogP contribution is -2.48. The number of hydrogen-bond acceptors (Lipinski definition) is 5. The van der Waals surface area contributed by atoms with E-state index in [1.165, 1.54) is 17.0 Å². The Morgan fingerprint density at radius 2 is 1.90 bits per heavy atom. The van der Waals surface area contributed by atoms with Crippen LogP contribution < -0.4 is 10.6 Å². The molecule has 0 aliphatic rings. The molecule has 0 bridgehead atoms. The molecular weight excluding hydrogens is 386 g/mol. The van der Waals surface area contributed by atoms with Crippen LogP contribution in [-0.4, -0.2) is 53.1 Å². The van der Waals surface area contributed by atoms with Gasteiger partial charge in [0.25, 0.3) is 0 Å². The fraction of sp³-hybridized carbons (Fsp3) is 0.500. The number of carbonyl (C=O) groups is 3. The average molecular weight is 420 g/mol. The second-order valence-electron chi connectivity index (χ2n) is 7.80. The van der Waals surface area contributed by atoms with Gasteiger partial charge in [-0.2, -0.15) is 0 Å². The van der Waals surface area contributed by atoms with Gasteiger partial charge < -0.3 is 25.4 Å². The van der Waals surface area contributed by atoms with Crippen molar-refractivity contribution in [3.05, 3.63) is 42.5 Å². The molecule has 30 heavy (non-hydrogen) atoms. The van der Waals surface area contributed by atoms with Crippen LogP contribution in [0, 0.1) is 0 Å². The fourth-order valence-electron chi connectivity index (χ4n) is 2.71. The molecule has 1 aromatic carbocycles. The molecule has 0 aromatic heterocycles. The Bertz CT molecular complexity index is 743. The first kappa shape index (κ1) is 25.0. The van der Waals surface area contributed by atoms with Gasteiger partial charge in [0.1, 0.15) is 23.9 Å². The van der Waals surface area contributed by atoms with Crippen molar-refractivity contribution < 1.29 is 24.2 Å². The van der Waals surface area contributed by atoms with E-state index < -0.39 is 29.6 Å². The van der Waals surface area contributed by atoms with Crippen molar-refractivity contribution >= 4 is 17.9 Å². The van der Waals surface area contributed by atoms with Gasteiger partial charge in [-0.3, -0.25) is 9.59 Å². The van der Waals surface area contributed by atoms with Crippen LogP contribution in [0.3, 0.4) is 0 Å². The Morgan fingerprint density at radius 1 is 1.23 bits per heavy atom. The molecule has 1 aromatic rings. The van der Waals surface area contributed by atoms with E-state index in [4.69, 9.17) is 4.74 Å². The molecule has 0 saturated carbocycles. The van der Waals surface area contributed by atoms with Crippen LogP contribution in [0.25, 0.3) is 0 Å². The standard InChI is InChI=1S/C22H33N3O5/c1-6-8-13-23-20(28)19(16-11-9-10-12-17(16)26)25(14-7-2)18(27)15-24-21(29)30-22(3,4)5/h7,9-12,19,26H,2,6,8,13-15H2,1,3-5H3,(H,23,28)(H,24,29). The van der Waals surface area contributed by atoms with Crippen LogP contribution in [0.5, 0.6) is 5.75 Å². The summed E-state index contributed by atoms with van der Waals surface area (Å²) in [5.74, 6) is -1.04. The number of aromatic hydroxyl groups is 1. The minimum atomic E-state index is -1.08. The van der Waals surface area contributed by atoms with Crippen molar-refractivity contribution in [1.82, 2.24) is 15.5 Å². The van der Waals surface area contributed by atoms with Crippen LogP contribution in [0.1, 0.15) is 52.1 Å². The lowest BCUT2D eigenvalue weighted by atomic mass is 10.0. The molecule has 0 aliphatic heterocycles. The van der Waals surface area contributed by atoms with E-state index in [-0.39, 0.29) is 18.8 Å². The molecular formula is C22H33N3O5. The summed E-state index contributed by atoms with van der Waals surface area (Å²) in [5, 5.41) is 15.5. The maximum Gasteiger partial charge on any atom is 0.408 e. The summed E-state index contributed by atoms with van der Waals surface area (Å²) in [6.07, 6.45) is 2.43. The molecule has 1 rings (SSSR count). The SMILES string of the molecule is C=CCN(C(=O)CNC(=O)OC(C)(C)C)C(C(=O)NCCCC)c1ccccc1O. The molecule has 8 heteroatoms. The molecule has 0 saturated heterocycles. The van der Waals surface area contributed by atoms with Crippen molar-refractivity contribution in [1.29, 1.82) is 0 Å². The van der Waals surface area contributed by atoms with E-state index in [1.807, 2.05) is 6.92 Å². The van der Waals surface area contributed by atoms with Gasteiger partial charge in [-0.25, -0.2) is 4.79 Å². The molecule has 0 heterocycles. The van der Waals surface area contributed by atoms with Gasteiger partial charge >= 0.3 is 6.09 Å². The highest BCUT2D eigenvalue weighted by Crippen LogP contribution is 2.29. The normalized spacial score (nSPS) is 11.9. The first-order valence-electron chi connectivity index (χ1n) is 10.0. The molecule has 3 amide bonds. The van der Waals surface area contributed by atoms with E-state index in [1.54, 1.807) is 39.0 Å². The van der Waals surface area contributed by atoms with E-state index in [9.17, 15) is 19.5 Å². The highest BCUT2D eigenvalue weighted by Gasteiger charge is 2.32. The number of carbonyl (C=O) groups excluding carboxylic acids is 3. The Hall–Kier alpha value is -3.03. The number of nitrogens with one attached hydrogen (secondary N) is 2. The van der Waals surface area contributed by atoms with Crippen LogP contribution in [0.4, 0.5) is 4.79 Å². The highest BCUT2D eigenvalue weighted by atomic mass is 16.6. The van der Waals surface area contributed by atoms with Gasteiger partial charge in [0, 0.05) is 18.7 Å². The second-order valence-corrected chi connectivity index (χ2v) is 7.80. The van der Waals surface area contributed by atoms with Crippen LogP contribution in [-0.2, 0) is 14.3 Å². The summed E-state index contributed by atoms with van der Waals surface area (Å²) in [5.41, 5.74) is -0.412. The smallest absolute Gasteiger partial charge is 0.408 e. The number of nitrogens with zero attached hydrogens (tertiary/aromatic N) is 1. The Morgan fingerprint density at radius 3 is 2.47 bits per heavy atom. The quantitative estimate of drug-likeness (QED) is 0.399. The zero-order valence-corrected chi connectivity index (χ0v) is 18.2. The summed E-state index contributed by atoms with van der Waals surface area (Å²) in [7, 11) is 0. The summed E-state index contributed by atoms with van der Waals surface area (Å²) in [4.78, 5) is 39.0. The average Bonchev–Trinajstić information content (AvgIpc) is 2.66. The van der Waals surface area contributed by atoms with Gasteiger partial charge in [0.15, 0.2) is 0 Å². The fourth-order valence-corrected chi connectivity index (χ4v) is 2.71. The number of phenols is 1. The molecule has 0 spiro atoms.